The topological polar surface area (TPSA) is 115 Å². The second kappa shape index (κ2) is 9.39. The van der Waals surface area contributed by atoms with E-state index in [1.165, 1.54) is 6.20 Å². The molecular weight excluding hydrogens is 424 g/mol. The molecule has 0 aliphatic rings. The molecule has 3 aromatic heterocycles. The minimum Gasteiger partial charge on any atom is -0.507 e. The van der Waals surface area contributed by atoms with Crippen molar-refractivity contribution in [3.8, 4) is 5.75 Å². The predicted molar refractivity (Wildman–Crippen MR) is 121 cm³/mol. The average molecular weight is 446 g/mol. The molecule has 3 heterocycles. The number of carbonyl (C=O) groups excluding carboxylic acids is 2. The third-order valence-electron chi connectivity index (χ3n) is 5.18. The number of aromatic hydroxyl groups is 1. The number of anilines is 1. The summed E-state index contributed by atoms with van der Waals surface area (Å²) in [7, 11) is 0. The number of hydrogen-bond donors (Lipinski definition) is 2. The normalized spacial score (nSPS) is 11.8. The number of pyridine rings is 2. The van der Waals surface area contributed by atoms with Gasteiger partial charge in [-0.25, -0.2) is 9.31 Å². The minimum atomic E-state index is -0.903. The van der Waals surface area contributed by atoms with Crippen LogP contribution in [0, 0.1) is 0 Å². The molecule has 0 fully saturated rings. The lowest BCUT2D eigenvalue weighted by Crippen LogP contribution is -2.33. The number of rotatable bonds is 7. The van der Waals surface area contributed by atoms with Crippen LogP contribution in [0.4, 0.5) is 5.69 Å². The first-order valence-corrected chi connectivity index (χ1v) is 10.4. The van der Waals surface area contributed by atoms with E-state index in [9.17, 15) is 19.5 Å². The van der Waals surface area contributed by atoms with Gasteiger partial charge in [0.05, 0.1) is 5.52 Å². The Labute approximate surface area is 188 Å². The highest BCUT2D eigenvalue weighted by Gasteiger charge is 2.23. The van der Waals surface area contributed by atoms with Crippen molar-refractivity contribution in [3.63, 3.8) is 0 Å². The van der Waals surface area contributed by atoms with Gasteiger partial charge in [-0.1, -0.05) is 37.3 Å². The summed E-state index contributed by atoms with van der Waals surface area (Å²) in [5.74, 6) is -1.74. The van der Waals surface area contributed by atoms with E-state index in [1.807, 2.05) is 18.2 Å². The molecular formula is C24H22N4O5. The summed E-state index contributed by atoms with van der Waals surface area (Å²) in [6.07, 6.45) is 4.80. The van der Waals surface area contributed by atoms with Crippen LogP contribution in [0.1, 0.15) is 35.3 Å². The van der Waals surface area contributed by atoms with Gasteiger partial charge in [0.2, 0.25) is 5.91 Å². The van der Waals surface area contributed by atoms with Crippen LogP contribution in [0.5, 0.6) is 5.75 Å². The summed E-state index contributed by atoms with van der Waals surface area (Å²) in [5, 5.41) is 17.1. The van der Waals surface area contributed by atoms with Crippen LogP contribution in [0.3, 0.4) is 0 Å². The second-order valence-corrected chi connectivity index (χ2v) is 7.41. The SMILES string of the molecule is CCC(C(=O)Nc1ccn2nccc2c1)n1cc(C(=O)OCc2ccccc2)c(O)cc1=O. The second-order valence-electron chi connectivity index (χ2n) is 7.41. The Morgan fingerprint density at radius 3 is 2.70 bits per heavy atom. The molecule has 0 aliphatic heterocycles. The van der Waals surface area contributed by atoms with Gasteiger partial charge in [-0.05, 0) is 30.2 Å². The number of fused-ring (bicyclic) bond motifs is 1. The number of benzene rings is 1. The van der Waals surface area contributed by atoms with Gasteiger partial charge in [0.25, 0.3) is 5.56 Å². The number of nitrogens with one attached hydrogen (secondary N) is 1. The third-order valence-corrected chi connectivity index (χ3v) is 5.18. The molecule has 4 rings (SSSR count). The number of aromatic nitrogens is 3. The van der Waals surface area contributed by atoms with Gasteiger partial charge in [-0.15, -0.1) is 0 Å². The maximum atomic E-state index is 13.0. The van der Waals surface area contributed by atoms with Crippen LogP contribution in [0.2, 0.25) is 0 Å². The highest BCUT2D eigenvalue weighted by atomic mass is 16.5. The number of nitrogens with zero attached hydrogens (tertiary/aromatic N) is 3. The molecule has 1 amide bonds. The van der Waals surface area contributed by atoms with Crippen LogP contribution in [-0.4, -0.2) is 31.2 Å². The van der Waals surface area contributed by atoms with Crippen LogP contribution in [-0.2, 0) is 16.1 Å². The number of hydrogen-bond acceptors (Lipinski definition) is 6. The first-order chi connectivity index (χ1) is 16.0. The predicted octanol–water partition coefficient (Wildman–Crippen LogP) is 3.15. The lowest BCUT2D eigenvalue weighted by molar-refractivity contribution is -0.119. The Balaban J connectivity index is 1.55. The fourth-order valence-corrected chi connectivity index (χ4v) is 3.47. The molecule has 2 N–H and O–H groups in total. The van der Waals surface area contributed by atoms with Gasteiger partial charge in [-0.2, -0.15) is 5.10 Å². The molecule has 9 nitrogen and oxygen atoms in total. The highest BCUT2D eigenvalue weighted by molar-refractivity contribution is 5.95. The van der Waals surface area contributed by atoms with E-state index in [0.29, 0.717) is 5.69 Å². The van der Waals surface area contributed by atoms with Crippen molar-refractivity contribution in [1.29, 1.82) is 0 Å². The zero-order valence-electron chi connectivity index (χ0n) is 17.8. The fraction of sp³-hybridized carbons (Fsp3) is 0.167. The molecule has 0 aliphatic carbocycles. The summed E-state index contributed by atoms with van der Waals surface area (Å²) in [6, 6.07) is 14.3. The Morgan fingerprint density at radius 1 is 1.15 bits per heavy atom. The number of esters is 1. The Morgan fingerprint density at radius 2 is 1.94 bits per heavy atom. The minimum absolute atomic E-state index is 0.00695. The monoisotopic (exact) mass is 446 g/mol. The largest absolute Gasteiger partial charge is 0.507 e. The highest BCUT2D eigenvalue weighted by Crippen LogP contribution is 2.21. The summed E-state index contributed by atoms with van der Waals surface area (Å²) in [5.41, 5.74) is 1.31. The smallest absolute Gasteiger partial charge is 0.343 e. The molecule has 33 heavy (non-hydrogen) atoms. The van der Waals surface area contributed by atoms with Gasteiger partial charge in [-0.3, -0.25) is 9.59 Å². The van der Waals surface area contributed by atoms with Crippen LogP contribution < -0.4 is 10.9 Å². The Bertz CT molecular complexity index is 1360. The third kappa shape index (κ3) is 4.77. The van der Waals surface area contributed by atoms with Crippen molar-refractivity contribution in [2.24, 2.45) is 0 Å². The summed E-state index contributed by atoms with van der Waals surface area (Å²) in [4.78, 5) is 38.1. The first-order valence-electron chi connectivity index (χ1n) is 10.4. The lowest BCUT2D eigenvalue weighted by Gasteiger charge is -2.19. The van der Waals surface area contributed by atoms with Gasteiger partial charge in [0.15, 0.2) is 0 Å². The van der Waals surface area contributed by atoms with Crippen molar-refractivity contribution in [3.05, 3.63) is 94.7 Å². The molecule has 1 atom stereocenters. The van der Waals surface area contributed by atoms with Crippen LogP contribution in [0.15, 0.2) is 78.0 Å². The zero-order chi connectivity index (χ0) is 23.4. The van der Waals surface area contributed by atoms with Crippen molar-refractivity contribution in [2.45, 2.75) is 26.0 Å². The Hall–Kier alpha value is -4.40. The summed E-state index contributed by atoms with van der Waals surface area (Å²) in [6.45, 7) is 1.75. The summed E-state index contributed by atoms with van der Waals surface area (Å²) >= 11 is 0. The van der Waals surface area contributed by atoms with Gasteiger partial charge < -0.3 is 19.7 Å². The summed E-state index contributed by atoms with van der Waals surface area (Å²) < 4.78 is 8.06. The van der Waals surface area contributed by atoms with Gasteiger partial charge in [0.1, 0.15) is 24.0 Å². The molecule has 0 saturated carbocycles. The maximum absolute atomic E-state index is 13.0. The standard InChI is InChI=1S/C24H22N4O5/c1-2-20(23(31)26-17-9-11-28-18(12-17)8-10-25-28)27-14-19(21(29)13-22(27)30)24(32)33-15-16-6-4-3-5-7-16/h3-14,20,29H,2,15H2,1H3,(H,26,31). The molecule has 168 valence electrons. The van der Waals surface area contributed by atoms with Crippen molar-refractivity contribution in [2.75, 3.05) is 5.32 Å². The Kier molecular flexibility index (Phi) is 6.21. The zero-order valence-corrected chi connectivity index (χ0v) is 17.8. The fourth-order valence-electron chi connectivity index (χ4n) is 3.47. The molecule has 0 saturated heterocycles. The molecule has 1 unspecified atom stereocenters. The molecule has 1 aromatic carbocycles. The quantitative estimate of drug-likeness (QED) is 0.422. The van der Waals surface area contributed by atoms with E-state index in [1.54, 1.807) is 54.2 Å². The van der Waals surface area contributed by atoms with Crippen LogP contribution in [0.25, 0.3) is 5.52 Å². The van der Waals surface area contributed by atoms with E-state index in [-0.39, 0.29) is 18.6 Å². The van der Waals surface area contributed by atoms with E-state index in [2.05, 4.69) is 10.4 Å². The maximum Gasteiger partial charge on any atom is 0.343 e. The lowest BCUT2D eigenvalue weighted by atomic mass is 10.1. The van der Waals surface area contributed by atoms with Crippen molar-refractivity contribution >= 4 is 23.1 Å². The van der Waals surface area contributed by atoms with Crippen molar-refractivity contribution < 1.29 is 19.4 Å². The van der Waals surface area contributed by atoms with Crippen molar-refractivity contribution in [1.82, 2.24) is 14.2 Å². The van der Waals surface area contributed by atoms with E-state index in [4.69, 9.17) is 4.74 Å². The van der Waals surface area contributed by atoms with Crippen LogP contribution >= 0.6 is 0 Å². The molecule has 0 bridgehead atoms. The van der Waals surface area contributed by atoms with Gasteiger partial charge in [0, 0.05) is 30.3 Å². The average Bonchev–Trinajstić information content (AvgIpc) is 3.28. The number of carbonyl (C=O) groups is 2. The van der Waals surface area contributed by atoms with E-state index >= 15 is 0 Å². The number of amides is 1. The first kappa shape index (κ1) is 21.8. The van der Waals surface area contributed by atoms with E-state index in [0.717, 1.165) is 21.7 Å². The molecule has 4 aromatic rings. The molecule has 9 heteroatoms. The molecule has 0 spiro atoms. The van der Waals surface area contributed by atoms with E-state index < -0.39 is 29.2 Å². The number of ether oxygens (including phenoxy) is 1. The molecule has 0 radical (unpaired) electrons. The van der Waals surface area contributed by atoms with Gasteiger partial charge >= 0.3 is 5.97 Å².